The van der Waals surface area contributed by atoms with E-state index in [2.05, 4.69) is 13.8 Å². The molecule has 0 radical (unpaired) electrons. The Balaban J connectivity index is 2.48. The van der Waals surface area contributed by atoms with Gasteiger partial charge in [0.05, 0.1) is 0 Å². The largest absolute Gasteiger partial charge is 0.492 e. The zero-order chi connectivity index (χ0) is 13.4. The third kappa shape index (κ3) is 2.19. The van der Waals surface area contributed by atoms with E-state index in [4.69, 9.17) is 0 Å². The van der Waals surface area contributed by atoms with E-state index in [9.17, 15) is 19.1 Å². The van der Waals surface area contributed by atoms with Crippen molar-refractivity contribution in [1.82, 2.24) is 9.55 Å². The van der Waals surface area contributed by atoms with Crippen LogP contribution in [0.1, 0.15) is 39.2 Å². The number of aromatic nitrogens is 2. The molecule has 2 rings (SSSR count). The van der Waals surface area contributed by atoms with Crippen LogP contribution in [0.4, 0.5) is 4.39 Å². The number of hydrogen-bond donors (Lipinski definition) is 2. The summed E-state index contributed by atoms with van der Waals surface area (Å²) in [6.45, 7) is 4.12. The highest BCUT2D eigenvalue weighted by Crippen LogP contribution is 2.36. The molecule has 18 heavy (non-hydrogen) atoms. The third-order valence-electron chi connectivity index (χ3n) is 3.58. The van der Waals surface area contributed by atoms with Crippen LogP contribution in [0, 0.1) is 17.7 Å². The number of halogens is 1. The monoisotopic (exact) mass is 256 g/mol. The van der Waals surface area contributed by atoms with E-state index < -0.39 is 22.9 Å². The van der Waals surface area contributed by atoms with Crippen molar-refractivity contribution in [1.29, 1.82) is 0 Å². The predicted octanol–water partition coefficient (Wildman–Crippen LogP) is 1.38. The molecular formula is C12H17FN2O3. The first kappa shape index (κ1) is 12.9. The van der Waals surface area contributed by atoms with Gasteiger partial charge in [-0.3, -0.25) is 14.3 Å². The van der Waals surface area contributed by atoms with Crippen molar-refractivity contribution in [3.8, 4) is 5.88 Å². The molecule has 0 saturated heterocycles. The van der Waals surface area contributed by atoms with Gasteiger partial charge in [0.1, 0.15) is 0 Å². The van der Waals surface area contributed by atoms with E-state index in [1.165, 1.54) is 0 Å². The van der Waals surface area contributed by atoms with Gasteiger partial charge < -0.3 is 5.11 Å². The molecule has 100 valence electrons. The topological polar surface area (TPSA) is 75.1 Å². The second-order valence-corrected chi connectivity index (χ2v) is 5.34. The Labute approximate surface area is 103 Å². The van der Waals surface area contributed by atoms with E-state index in [-0.39, 0.29) is 6.04 Å². The second kappa shape index (κ2) is 4.59. The lowest BCUT2D eigenvalue weighted by Gasteiger charge is -2.32. The molecule has 0 amide bonds. The van der Waals surface area contributed by atoms with Crippen LogP contribution in [0.2, 0.25) is 0 Å². The summed E-state index contributed by atoms with van der Waals surface area (Å²) in [6, 6.07) is -0.261. The summed E-state index contributed by atoms with van der Waals surface area (Å²) in [7, 11) is 0. The smallest absolute Gasteiger partial charge is 0.331 e. The number of rotatable bonds is 1. The van der Waals surface area contributed by atoms with Crippen molar-refractivity contribution in [3.05, 3.63) is 26.7 Å². The molecule has 0 aromatic carbocycles. The lowest BCUT2D eigenvalue weighted by atomic mass is 9.80. The van der Waals surface area contributed by atoms with E-state index >= 15 is 0 Å². The highest BCUT2D eigenvalue weighted by Gasteiger charge is 2.28. The molecule has 1 aromatic rings. The van der Waals surface area contributed by atoms with Gasteiger partial charge in [0.25, 0.3) is 5.56 Å². The number of aromatic amines is 1. The fraction of sp³-hybridized carbons (Fsp3) is 0.667. The second-order valence-electron chi connectivity index (χ2n) is 5.34. The van der Waals surface area contributed by atoms with Crippen LogP contribution >= 0.6 is 0 Å². The maximum atomic E-state index is 13.4. The summed E-state index contributed by atoms with van der Waals surface area (Å²) in [4.78, 5) is 24.6. The number of nitrogens with zero attached hydrogens (tertiary/aromatic N) is 1. The molecule has 5 nitrogen and oxygen atoms in total. The van der Waals surface area contributed by atoms with E-state index in [0.717, 1.165) is 11.0 Å². The molecule has 2 atom stereocenters. The minimum atomic E-state index is -1.29. The van der Waals surface area contributed by atoms with Gasteiger partial charge in [0, 0.05) is 6.04 Å². The van der Waals surface area contributed by atoms with Gasteiger partial charge in [0.15, 0.2) is 0 Å². The Hall–Kier alpha value is -1.59. The molecule has 2 unspecified atom stereocenters. The van der Waals surface area contributed by atoms with Crippen LogP contribution in [0.5, 0.6) is 5.88 Å². The Kier molecular flexibility index (Phi) is 3.28. The number of nitrogens with one attached hydrogen (secondary N) is 1. The maximum absolute atomic E-state index is 13.4. The molecule has 1 aliphatic carbocycles. The lowest BCUT2D eigenvalue weighted by Crippen LogP contribution is -2.36. The predicted molar refractivity (Wildman–Crippen MR) is 64.2 cm³/mol. The van der Waals surface area contributed by atoms with Crippen LogP contribution in [-0.4, -0.2) is 14.7 Å². The quantitative estimate of drug-likeness (QED) is 0.797. The number of H-pyrrole nitrogens is 1. The molecule has 1 aliphatic rings. The van der Waals surface area contributed by atoms with E-state index in [1.807, 2.05) is 4.98 Å². The average molecular weight is 256 g/mol. The first-order valence-electron chi connectivity index (χ1n) is 6.13. The summed E-state index contributed by atoms with van der Waals surface area (Å²) < 4.78 is 14.3. The first-order valence-corrected chi connectivity index (χ1v) is 6.13. The molecule has 0 aliphatic heterocycles. The van der Waals surface area contributed by atoms with Gasteiger partial charge >= 0.3 is 5.69 Å². The van der Waals surface area contributed by atoms with E-state index in [0.29, 0.717) is 24.7 Å². The maximum Gasteiger partial charge on any atom is 0.331 e. The van der Waals surface area contributed by atoms with Crippen molar-refractivity contribution < 1.29 is 9.50 Å². The Morgan fingerprint density at radius 3 is 2.33 bits per heavy atom. The Morgan fingerprint density at radius 1 is 1.22 bits per heavy atom. The fourth-order valence-electron chi connectivity index (χ4n) is 2.97. The van der Waals surface area contributed by atoms with Gasteiger partial charge in [0.2, 0.25) is 11.7 Å². The van der Waals surface area contributed by atoms with Gasteiger partial charge in [-0.1, -0.05) is 13.8 Å². The standard InChI is InChI=1S/C12H17FN2O3/c1-6-3-7(2)5-8(4-6)15-11(17)9(13)10(16)14-12(15)18/h6-8,17H,3-5H2,1-2H3,(H,14,16,18). The molecule has 1 heterocycles. The SMILES string of the molecule is CC1CC(C)CC(n2c(O)c(F)c(=O)[nH]c2=O)C1. The van der Waals surface area contributed by atoms with Crippen molar-refractivity contribution in [2.75, 3.05) is 0 Å². The van der Waals surface area contributed by atoms with Crippen molar-refractivity contribution in [3.63, 3.8) is 0 Å². The van der Waals surface area contributed by atoms with Crippen LogP contribution < -0.4 is 11.2 Å². The van der Waals surface area contributed by atoms with Gasteiger partial charge in [-0.05, 0) is 31.1 Å². The van der Waals surface area contributed by atoms with Gasteiger partial charge in [-0.25, -0.2) is 4.79 Å². The summed E-state index contributed by atoms with van der Waals surface area (Å²) in [5, 5.41) is 9.65. The van der Waals surface area contributed by atoms with Gasteiger partial charge in [-0.15, -0.1) is 0 Å². The first-order chi connectivity index (χ1) is 8.40. The minimum Gasteiger partial charge on any atom is -0.492 e. The van der Waals surface area contributed by atoms with Crippen LogP contribution in [-0.2, 0) is 0 Å². The third-order valence-corrected chi connectivity index (χ3v) is 3.58. The molecule has 1 saturated carbocycles. The van der Waals surface area contributed by atoms with Crippen molar-refractivity contribution in [2.45, 2.75) is 39.2 Å². The molecule has 0 bridgehead atoms. The fourth-order valence-corrected chi connectivity index (χ4v) is 2.97. The minimum absolute atomic E-state index is 0.261. The van der Waals surface area contributed by atoms with Crippen molar-refractivity contribution >= 4 is 0 Å². The van der Waals surface area contributed by atoms with Crippen LogP contribution in [0.3, 0.4) is 0 Å². The molecule has 1 fully saturated rings. The lowest BCUT2D eigenvalue weighted by molar-refractivity contribution is 0.199. The molecule has 0 spiro atoms. The van der Waals surface area contributed by atoms with Gasteiger partial charge in [-0.2, -0.15) is 4.39 Å². The Bertz CT molecular complexity index is 553. The zero-order valence-electron chi connectivity index (χ0n) is 10.4. The normalized spacial score (nSPS) is 28.3. The van der Waals surface area contributed by atoms with E-state index in [1.54, 1.807) is 0 Å². The highest BCUT2D eigenvalue weighted by atomic mass is 19.1. The number of aromatic hydroxyl groups is 1. The number of hydrogen-bond acceptors (Lipinski definition) is 3. The highest BCUT2D eigenvalue weighted by molar-refractivity contribution is 5.11. The molecule has 6 heteroatoms. The average Bonchev–Trinajstić information content (AvgIpc) is 2.24. The molecule has 2 N–H and O–H groups in total. The van der Waals surface area contributed by atoms with Crippen LogP contribution in [0.15, 0.2) is 9.59 Å². The summed E-state index contributed by atoms with van der Waals surface area (Å²) in [5.41, 5.74) is -1.92. The molecule has 1 aromatic heterocycles. The van der Waals surface area contributed by atoms with Crippen molar-refractivity contribution in [2.24, 2.45) is 11.8 Å². The Morgan fingerprint density at radius 2 is 1.78 bits per heavy atom. The van der Waals surface area contributed by atoms with Crippen LogP contribution in [0.25, 0.3) is 0 Å². The summed E-state index contributed by atoms with van der Waals surface area (Å²) in [6.07, 6.45) is 2.45. The summed E-state index contributed by atoms with van der Waals surface area (Å²) >= 11 is 0. The zero-order valence-corrected chi connectivity index (χ0v) is 10.4. The molecular weight excluding hydrogens is 239 g/mol. The summed E-state index contributed by atoms with van der Waals surface area (Å²) in [5.74, 6) is -1.34.